The highest BCUT2D eigenvalue weighted by molar-refractivity contribution is 6.00. The van der Waals surface area contributed by atoms with Crippen molar-refractivity contribution in [1.29, 1.82) is 0 Å². The van der Waals surface area contributed by atoms with E-state index in [1.165, 1.54) is 13.2 Å². The molecule has 0 unspecified atom stereocenters. The fraction of sp³-hybridized carbons (Fsp3) is 0.529. The SMILES string of the molecule is CCc1c(O)cc(O)c(C(=O)N2CCN(C)CC2)c1CC(=O)OC. The zero-order chi connectivity index (χ0) is 17.9. The smallest absolute Gasteiger partial charge is 0.310 e. The van der Waals surface area contributed by atoms with E-state index in [-0.39, 0.29) is 29.4 Å². The van der Waals surface area contributed by atoms with Gasteiger partial charge >= 0.3 is 5.97 Å². The minimum absolute atomic E-state index is 0.0830. The number of phenolic OH excluding ortho intramolecular Hbond substituents is 2. The van der Waals surface area contributed by atoms with E-state index in [1.807, 2.05) is 14.0 Å². The molecule has 1 aliphatic heterocycles. The standard InChI is InChI=1S/C17H24N2O5/c1-4-11-12(9-15(22)24-3)16(14(21)10-13(11)20)17(23)19-7-5-18(2)6-8-19/h10,20-21H,4-9H2,1-3H3. The van der Waals surface area contributed by atoms with Gasteiger partial charge in [0.2, 0.25) is 0 Å². The highest BCUT2D eigenvalue weighted by atomic mass is 16.5. The Morgan fingerprint density at radius 2 is 1.75 bits per heavy atom. The topological polar surface area (TPSA) is 90.3 Å². The fourth-order valence-electron chi connectivity index (χ4n) is 2.96. The predicted octanol–water partition coefficient (Wildman–Crippen LogP) is 0.763. The minimum Gasteiger partial charge on any atom is -0.508 e. The van der Waals surface area contributed by atoms with E-state index in [1.54, 1.807) is 4.90 Å². The van der Waals surface area contributed by atoms with Gasteiger partial charge in [0.05, 0.1) is 19.1 Å². The van der Waals surface area contributed by atoms with Crippen LogP contribution in [0, 0.1) is 0 Å². The maximum Gasteiger partial charge on any atom is 0.310 e. The number of rotatable bonds is 4. The van der Waals surface area contributed by atoms with Crippen molar-refractivity contribution in [2.75, 3.05) is 40.3 Å². The van der Waals surface area contributed by atoms with Crippen LogP contribution in [-0.2, 0) is 22.4 Å². The average Bonchev–Trinajstić information content (AvgIpc) is 2.55. The lowest BCUT2D eigenvalue weighted by Crippen LogP contribution is -2.47. The van der Waals surface area contributed by atoms with Gasteiger partial charge in [-0.15, -0.1) is 0 Å². The summed E-state index contributed by atoms with van der Waals surface area (Å²) >= 11 is 0. The average molecular weight is 336 g/mol. The summed E-state index contributed by atoms with van der Waals surface area (Å²) in [6.07, 6.45) is 0.262. The molecule has 2 rings (SSSR count). The maximum atomic E-state index is 12.9. The van der Waals surface area contributed by atoms with Gasteiger partial charge in [0.25, 0.3) is 5.91 Å². The molecule has 0 atom stereocenters. The molecule has 0 radical (unpaired) electrons. The number of hydrogen-bond acceptors (Lipinski definition) is 6. The van der Waals surface area contributed by atoms with Gasteiger partial charge in [-0.2, -0.15) is 0 Å². The van der Waals surface area contributed by atoms with Crippen LogP contribution in [-0.4, -0.2) is 72.2 Å². The molecular formula is C17H24N2O5. The molecule has 1 heterocycles. The van der Waals surface area contributed by atoms with Gasteiger partial charge in [-0.25, -0.2) is 0 Å². The number of phenols is 2. The van der Waals surface area contributed by atoms with Crippen molar-refractivity contribution in [3.63, 3.8) is 0 Å². The molecule has 24 heavy (non-hydrogen) atoms. The first-order valence-electron chi connectivity index (χ1n) is 8.00. The Morgan fingerprint density at radius 1 is 1.12 bits per heavy atom. The molecule has 1 aromatic rings. The lowest BCUT2D eigenvalue weighted by Gasteiger charge is -2.33. The number of carbonyl (C=O) groups is 2. The van der Waals surface area contributed by atoms with E-state index in [0.717, 1.165) is 13.1 Å². The highest BCUT2D eigenvalue weighted by Crippen LogP contribution is 2.34. The summed E-state index contributed by atoms with van der Waals surface area (Å²) in [6, 6.07) is 1.17. The molecule has 1 saturated heterocycles. The van der Waals surface area contributed by atoms with Crippen molar-refractivity contribution in [2.45, 2.75) is 19.8 Å². The Balaban J connectivity index is 2.46. The molecular weight excluding hydrogens is 312 g/mol. The monoisotopic (exact) mass is 336 g/mol. The normalized spacial score (nSPS) is 15.4. The van der Waals surface area contributed by atoms with Gasteiger partial charge in [-0.1, -0.05) is 6.92 Å². The number of aromatic hydroxyl groups is 2. The summed E-state index contributed by atoms with van der Waals surface area (Å²) in [5.74, 6) is -1.28. The van der Waals surface area contributed by atoms with Gasteiger partial charge in [0.15, 0.2) is 0 Å². The van der Waals surface area contributed by atoms with Crippen molar-refractivity contribution >= 4 is 11.9 Å². The zero-order valence-corrected chi connectivity index (χ0v) is 14.3. The summed E-state index contributed by atoms with van der Waals surface area (Å²) < 4.78 is 4.69. The second-order valence-electron chi connectivity index (χ2n) is 5.95. The number of ether oxygens (including phenoxy) is 1. The maximum absolute atomic E-state index is 12.9. The van der Waals surface area contributed by atoms with Crippen molar-refractivity contribution in [3.8, 4) is 11.5 Å². The van der Waals surface area contributed by atoms with Crippen molar-refractivity contribution in [3.05, 3.63) is 22.8 Å². The zero-order valence-electron chi connectivity index (χ0n) is 14.3. The van der Waals surface area contributed by atoms with Crippen LogP contribution >= 0.6 is 0 Å². The Labute approximate surface area is 141 Å². The second kappa shape index (κ2) is 7.53. The van der Waals surface area contributed by atoms with E-state index in [0.29, 0.717) is 30.6 Å². The van der Waals surface area contributed by atoms with Gasteiger partial charge in [-0.3, -0.25) is 9.59 Å². The minimum atomic E-state index is -0.526. The Bertz CT molecular complexity index is 636. The van der Waals surface area contributed by atoms with Crippen LogP contribution in [0.1, 0.15) is 28.4 Å². The Morgan fingerprint density at radius 3 is 2.29 bits per heavy atom. The molecule has 1 amide bonds. The number of esters is 1. The molecule has 0 saturated carbocycles. The van der Waals surface area contributed by atoms with Crippen LogP contribution in [0.3, 0.4) is 0 Å². The van der Waals surface area contributed by atoms with Gasteiger partial charge in [0.1, 0.15) is 11.5 Å². The molecule has 0 aliphatic carbocycles. The van der Waals surface area contributed by atoms with Crippen LogP contribution in [0.5, 0.6) is 11.5 Å². The summed E-state index contributed by atoms with van der Waals surface area (Å²) in [5, 5.41) is 20.3. The molecule has 0 bridgehead atoms. The van der Waals surface area contributed by atoms with E-state index >= 15 is 0 Å². The number of piperazine rings is 1. The van der Waals surface area contributed by atoms with Gasteiger partial charge in [0, 0.05) is 32.2 Å². The number of likely N-dealkylation sites (N-methyl/N-ethyl adjacent to an activating group) is 1. The summed E-state index contributed by atoms with van der Waals surface area (Å²) in [5.41, 5.74) is 0.904. The second-order valence-corrected chi connectivity index (χ2v) is 5.95. The van der Waals surface area contributed by atoms with Crippen LogP contribution in [0.25, 0.3) is 0 Å². The van der Waals surface area contributed by atoms with E-state index in [9.17, 15) is 19.8 Å². The number of nitrogens with zero attached hydrogens (tertiary/aromatic N) is 2. The quantitative estimate of drug-likeness (QED) is 0.789. The Kier molecular flexibility index (Phi) is 5.66. The van der Waals surface area contributed by atoms with Crippen LogP contribution in [0.4, 0.5) is 0 Å². The first-order chi connectivity index (χ1) is 11.4. The molecule has 7 nitrogen and oxygen atoms in total. The summed E-state index contributed by atoms with van der Waals surface area (Å²) in [4.78, 5) is 28.4. The van der Waals surface area contributed by atoms with Crippen molar-refractivity contribution in [1.82, 2.24) is 9.80 Å². The van der Waals surface area contributed by atoms with E-state index in [4.69, 9.17) is 4.74 Å². The summed E-state index contributed by atoms with van der Waals surface area (Å²) in [7, 11) is 3.25. The number of benzene rings is 1. The van der Waals surface area contributed by atoms with Crippen LogP contribution in [0.2, 0.25) is 0 Å². The molecule has 132 valence electrons. The molecule has 0 spiro atoms. The van der Waals surface area contributed by atoms with E-state index in [2.05, 4.69) is 4.90 Å². The number of hydrogen-bond donors (Lipinski definition) is 2. The first kappa shape index (κ1) is 18.1. The van der Waals surface area contributed by atoms with Gasteiger partial charge in [-0.05, 0) is 24.6 Å². The number of carbonyl (C=O) groups excluding carboxylic acids is 2. The van der Waals surface area contributed by atoms with Crippen LogP contribution < -0.4 is 0 Å². The van der Waals surface area contributed by atoms with Crippen molar-refractivity contribution in [2.24, 2.45) is 0 Å². The van der Waals surface area contributed by atoms with Crippen molar-refractivity contribution < 1.29 is 24.5 Å². The third-order valence-electron chi connectivity index (χ3n) is 4.41. The lowest BCUT2D eigenvalue weighted by atomic mass is 9.93. The summed E-state index contributed by atoms with van der Waals surface area (Å²) in [6.45, 7) is 4.41. The van der Waals surface area contributed by atoms with Crippen LogP contribution in [0.15, 0.2) is 6.07 Å². The largest absolute Gasteiger partial charge is 0.508 e. The molecule has 1 fully saturated rings. The van der Waals surface area contributed by atoms with E-state index < -0.39 is 5.97 Å². The molecule has 1 aromatic carbocycles. The molecule has 0 aromatic heterocycles. The number of methoxy groups -OCH3 is 1. The fourth-order valence-corrected chi connectivity index (χ4v) is 2.96. The third kappa shape index (κ3) is 3.62. The molecule has 2 N–H and O–H groups in total. The van der Waals surface area contributed by atoms with Gasteiger partial charge < -0.3 is 24.7 Å². The predicted molar refractivity (Wildman–Crippen MR) is 88.3 cm³/mol. The Hall–Kier alpha value is -2.28. The lowest BCUT2D eigenvalue weighted by molar-refractivity contribution is -0.139. The number of amides is 1. The molecule has 7 heteroatoms. The first-order valence-corrected chi connectivity index (χ1v) is 8.00. The highest BCUT2D eigenvalue weighted by Gasteiger charge is 2.28. The molecule has 1 aliphatic rings. The third-order valence-corrected chi connectivity index (χ3v) is 4.41.